The topological polar surface area (TPSA) is 63.7 Å². The minimum absolute atomic E-state index is 0.0513. The smallest absolute Gasteiger partial charge is 0.321 e. The molecule has 25 heavy (non-hydrogen) atoms. The molecule has 0 bridgehead atoms. The van der Waals surface area contributed by atoms with E-state index >= 15 is 0 Å². The number of benzene rings is 1. The third kappa shape index (κ3) is 5.19. The molecule has 6 heteroatoms. The highest BCUT2D eigenvalue weighted by Gasteiger charge is 2.19. The lowest BCUT2D eigenvalue weighted by Crippen LogP contribution is -2.38. The summed E-state index contributed by atoms with van der Waals surface area (Å²) in [5, 5.41) is 2.91. The fourth-order valence-electron chi connectivity index (χ4n) is 2.68. The van der Waals surface area contributed by atoms with Crippen LogP contribution in [-0.2, 0) is 11.3 Å². The van der Waals surface area contributed by atoms with Gasteiger partial charge in [0, 0.05) is 37.6 Å². The van der Waals surface area contributed by atoms with Crippen molar-refractivity contribution in [3.05, 3.63) is 54.2 Å². The molecular weight excluding hydrogens is 318 g/mol. The maximum Gasteiger partial charge on any atom is 0.321 e. The summed E-state index contributed by atoms with van der Waals surface area (Å²) in [6.07, 6.45) is 2.53. The molecule has 1 aromatic carbocycles. The van der Waals surface area contributed by atoms with Gasteiger partial charge in [-0.25, -0.2) is 9.78 Å². The summed E-state index contributed by atoms with van der Waals surface area (Å²) in [5.41, 5.74) is 1.73. The van der Waals surface area contributed by atoms with Crippen molar-refractivity contribution in [1.29, 1.82) is 0 Å². The van der Waals surface area contributed by atoms with E-state index in [2.05, 4.69) is 10.3 Å². The van der Waals surface area contributed by atoms with Crippen LogP contribution in [0.4, 0.5) is 10.5 Å². The number of nitrogens with one attached hydrogen (secondary N) is 1. The zero-order valence-electron chi connectivity index (χ0n) is 14.4. The van der Waals surface area contributed by atoms with Gasteiger partial charge in [-0.15, -0.1) is 0 Å². The number of hydrogen-bond donors (Lipinski definition) is 1. The molecule has 1 atom stereocenters. The number of anilines is 1. The van der Waals surface area contributed by atoms with Crippen LogP contribution in [0.3, 0.4) is 0 Å². The Morgan fingerprint density at radius 3 is 3.04 bits per heavy atom. The van der Waals surface area contributed by atoms with E-state index in [0.29, 0.717) is 37.9 Å². The van der Waals surface area contributed by atoms with Crippen molar-refractivity contribution in [1.82, 2.24) is 9.88 Å². The molecule has 3 rings (SSSR count). The van der Waals surface area contributed by atoms with Gasteiger partial charge >= 0.3 is 6.03 Å². The summed E-state index contributed by atoms with van der Waals surface area (Å²) < 4.78 is 11.3. The molecule has 0 saturated carbocycles. The largest absolute Gasteiger partial charge is 0.473 e. The van der Waals surface area contributed by atoms with Gasteiger partial charge in [-0.3, -0.25) is 0 Å². The Kier molecular flexibility index (Phi) is 5.85. The van der Waals surface area contributed by atoms with Crippen molar-refractivity contribution in [2.45, 2.75) is 26.1 Å². The molecule has 2 amide bonds. The van der Waals surface area contributed by atoms with Crippen LogP contribution in [-0.4, -0.2) is 41.7 Å². The first-order valence-electron chi connectivity index (χ1n) is 8.51. The van der Waals surface area contributed by atoms with Crippen LogP contribution in [0.2, 0.25) is 0 Å². The molecule has 1 aromatic heterocycles. The van der Waals surface area contributed by atoms with Crippen molar-refractivity contribution in [2.24, 2.45) is 0 Å². The van der Waals surface area contributed by atoms with Crippen molar-refractivity contribution in [3.8, 4) is 5.88 Å². The fraction of sp³-hybridized carbons (Fsp3) is 0.368. The van der Waals surface area contributed by atoms with Gasteiger partial charge in [0.25, 0.3) is 0 Å². The standard InChI is InChI=1S/C19H23N3O3/c1-15-13-22(10-5-11-24-15)19(23)21-17-8-9-20-18(12-17)25-14-16-6-3-2-4-7-16/h2-4,6-9,12,15H,5,10-11,13-14H2,1H3,(H,20,21,23)/t15-/m1/s1. The first-order valence-corrected chi connectivity index (χ1v) is 8.51. The number of amides is 2. The van der Waals surface area contributed by atoms with E-state index in [9.17, 15) is 4.79 Å². The quantitative estimate of drug-likeness (QED) is 0.927. The number of hydrogen-bond acceptors (Lipinski definition) is 4. The fourth-order valence-corrected chi connectivity index (χ4v) is 2.68. The molecule has 1 fully saturated rings. The summed E-state index contributed by atoms with van der Waals surface area (Å²) in [7, 11) is 0. The molecule has 132 valence electrons. The van der Waals surface area contributed by atoms with Gasteiger partial charge in [-0.1, -0.05) is 30.3 Å². The molecule has 1 aliphatic heterocycles. The lowest BCUT2D eigenvalue weighted by Gasteiger charge is -2.22. The van der Waals surface area contributed by atoms with E-state index in [-0.39, 0.29) is 12.1 Å². The maximum absolute atomic E-state index is 12.5. The molecule has 1 saturated heterocycles. The first-order chi connectivity index (χ1) is 12.2. The number of carbonyl (C=O) groups excluding carboxylic acids is 1. The zero-order valence-corrected chi connectivity index (χ0v) is 14.4. The van der Waals surface area contributed by atoms with Crippen molar-refractivity contribution in [3.63, 3.8) is 0 Å². The third-order valence-electron chi connectivity index (χ3n) is 3.96. The lowest BCUT2D eigenvalue weighted by molar-refractivity contribution is 0.0718. The van der Waals surface area contributed by atoms with Crippen molar-refractivity contribution in [2.75, 3.05) is 25.0 Å². The van der Waals surface area contributed by atoms with Gasteiger partial charge in [-0.05, 0) is 25.0 Å². The Bertz CT molecular complexity index is 693. The Labute approximate surface area is 147 Å². The molecule has 1 aliphatic rings. The van der Waals surface area contributed by atoms with Crippen molar-refractivity contribution < 1.29 is 14.3 Å². The van der Waals surface area contributed by atoms with Gasteiger partial charge in [0.05, 0.1) is 6.10 Å². The highest BCUT2D eigenvalue weighted by molar-refractivity contribution is 5.89. The summed E-state index contributed by atoms with van der Waals surface area (Å²) >= 11 is 0. The third-order valence-corrected chi connectivity index (χ3v) is 3.96. The molecule has 2 aromatic rings. The van der Waals surface area contributed by atoms with E-state index in [1.165, 1.54) is 0 Å². The Hall–Kier alpha value is -2.60. The van der Waals surface area contributed by atoms with Gasteiger partial charge in [-0.2, -0.15) is 0 Å². The van der Waals surface area contributed by atoms with E-state index in [4.69, 9.17) is 9.47 Å². The van der Waals surface area contributed by atoms with Crippen LogP contribution < -0.4 is 10.1 Å². The number of carbonyl (C=O) groups is 1. The highest BCUT2D eigenvalue weighted by Crippen LogP contribution is 2.17. The lowest BCUT2D eigenvalue weighted by atomic mass is 10.2. The average Bonchev–Trinajstić information content (AvgIpc) is 2.86. The molecule has 2 heterocycles. The second-order valence-electron chi connectivity index (χ2n) is 6.07. The van der Waals surface area contributed by atoms with Crippen LogP contribution in [0.15, 0.2) is 48.7 Å². The highest BCUT2D eigenvalue weighted by atomic mass is 16.5. The van der Waals surface area contributed by atoms with Crippen LogP contribution in [0.1, 0.15) is 18.9 Å². The normalized spacial score (nSPS) is 17.6. The van der Waals surface area contributed by atoms with E-state index in [1.807, 2.05) is 37.3 Å². The molecular formula is C19H23N3O3. The predicted molar refractivity (Wildman–Crippen MR) is 95.6 cm³/mol. The number of urea groups is 1. The number of aromatic nitrogens is 1. The van der Waals surface area contributed by atoms with Crippen molar-refractivity contribution >= 4 is 11.7 Å². The molecule has 0 radical (unpaired) electrons. The van der Waals surface area contributed by atoms with Gasteiger partial charge < -0.3 is 19.7 Å². The molecule has 1 N–H and O–H groups in total. The molecule has 0 spiro atoms. The van der Waals surface area contributed by atoms with E-state index in [1.54, 1.807) is 23.2 Å². The molecule has 0 aliphatic carbocycles. The minimum Gasteiger partial charge on any atom is -0.473 e. The Morgan fingerprint density at radius 1 is 1.36 bits per heavy atom. The van der Waals surface area contributed by atoms with Gasteiger partial charge in [0.15, 0.2) is 0 Å². The van der Waals surface area contributed by atoms with Crippen LogP contribution in [0.25, 0.3) is 0 Å². The summed E-state index contributed by atoms with van der Waals surface area (Å²) in [5.74, 6) is 0.481. The Morgan fingerprint density at radius 2 is 2.20 bits per heavy atom. The van der Waals surface area contributed by atoms with Crippen LogP contribution >= 0.6 is 0 Å². The van der Waals surface area contributed by atoms with E-state index in [0.717, 1.165) is 12.0 Å². The van der Waals surface area contributed by atoms with E-state index < -0.39 is 0 Å². The van der Waals surface area contributed by atoms with Gasteiger partial charge in [0.2, 0.25) is 5.88 Å². The summed E-state index contributed by atoms with van der Waals surface area (Å²) in [4.78, 5) is 18.4. The van der Waals surface area contributed by atoms with Gasteiger partial charge in [0.1, 0.15) is 6.61 Å². The number of rotatable bonds is 4. The zero-order chi connectivity index (χ0) is 17.5. The SMILES string of the molecule is C[C@@H]1CN(C(=O)Nc2ccnc(OCc3ccccc3)c2)CCCO1. The summed E-state index contributed by atoms with van der Waals surface area (Å²) in [6.45, 7) is 4.39. The number of pyridine rings is 1. The van der Waals surface area contributed by atoms with Crippen LogP contribution in [0.5, 0.6) is 5.88 Å². The monoisotopic (exact) mass is 341 g/mol. The number of ether oxygens (including phenoxy) is 2. The minimum atomic E-state index is -0.127. The van der Waals surface area contributed by atoms with Crippen LogP contribution in [0, 0.1) is 0 Å². The molecule has 6 nitrogen and oxygen atoms in total. The number of nitrogens with zero attached hydrogens (tertiary/aromatic N) is 2. The Balaban J connectivity index is 1.58. The first kappa shape index (κ1) is 17.2. The molecule has 0 unspecified atom stereocenters. The average molecular weight is 341 g/mol. The predicted octanol–water partition coefficient (Wildman–Crippen LogP) is 3.30. The maximum atomic E-state index is 12.5. The second-order valence-corrected chi connectivity index (χ2v) is 6.07. The second kappa shape index (κ2) is 8.48. The summed E-state index contributed by atoms with van der Waals surface area (Å²) in [6, 6.07) is 13.2.